The van der Waals surface area contributed by atoms with E-state index in [1.807, 2.05) is 0 Å². The molecule has 1 spiro atoms. The van der Waals surface area contributed by atoms with Crippen LogP contribution in [0.1, 0.15) is 54.4 Å². The Morgan fingerprint density at radius 2 is 1.92 bits per heavy atom. The molecule has 12 atom stereocenters. The number of carbonyl (C=O) groups is 4. The first kappa shape index (κ1) is 27.2. The molecule has 4 fully saturated rings. The first-order valence-corrected chi connectivity index (χ1v) is 13.1. The molecular weight excluding hydrogens is 500 g/mol. The Bertz CT molecular complexity index is 1130. The van der Waals surface area contributed by atoms with Crippen LogP contribution >= 0.6 is 0 Å². The smallest absolute Gasteiger partial charge is 0.351 e. The van der Waals surface area contributed by atoms with Gasteiger partial charge in [0.15, 0.2) is 11.6 Å². The van der Waals surface area contributed by atoms with Gasteiger partial charge in [-0.15, -0.1) is 0 Å². The Labute approximate surface area is 220 Å². The predicted octanol–water partition coefficient (Wildman–Crippen LogP) is 0.420. The van der Waals surface area contributed by atoms with Crippen LogP contribution in [0.5, 0.6) is 0 Å². The molecule has 11 nitrogen and oxygen atoms in total. The van der Waals surface area contributed by atoms with Gasteiger partial charge in [-0.3, -0.25) is 9.59 Å². The van der Waals surface area contributed by atoms with Gasteiger partial charge in [-0.1, -0.05) is 26.3 Å². The van der Waals surface area contributed by atoms with Crippen molar-refractivity contribution in [3.63, 3.8) is 0 Å². The lowest BCUT2D eigenvalue weighted by Crippen LogP contribution is -2.78. The van der Waals surface area contributed by atoms with Gasteiger partial charge in [0.05, 0.1) is 6.61 Å². The van der Waals surface area contributed by atoms with E-state index in [-0.39, 0.29) is 19.4 Å². The average molecular weight is 537 g/mol. The minimum atomic E-state index is -2.14. The second-order valence-electron chi connectivity index (χ2n) is 12.2. The summed E-state index contributed by atoms with van der Waals surface area (Å²) in [6.45, 7) is 9.12. The summed E-state index contributed by atoms with van der Waals surface area (Å²) in [6, 6.07) is 0. The highest BCUT2D eigenvalue weighted by molar-refractivity contribution is 5.96. The average Bonchev–Trinajstić information content (AvgIpc) is 3.13. The number of esters is 3. The van der Waals surface area contributed by atoms with Gasteiger partial charge in [0.25, 0.3) is 0 Å². The summed E-state index contributed by atoms with van der Waals surface area (Å²) in [7, 11) is 0. The number of hydrogen-bond donors (Lipinski definition) is 3. The maximum Gasteiger partial charge on any atom is 0.351 e. The van der Waals surface area contributed by atoms with Gasteiger partial charge >= 0.3 is 17.9 Å². The molecule has 0 aromatic heterocycles. The van der Waals surface area contributed by atoms with Crippen LogP contribution in [0.25, 0.3) is 0 Å². The summed E-state index contributed by atoms with van der Waals surface area (Å²) in [5.74, 6) is -8.29. The van der Waals surface area contributed by atoms with Crippen molar-refractivity contribution in [3.8, 4) is 0 Å². The zero-order chi connectivity index (χ0) is 28.2. The topological polar surface area (TPSA) is 166 Å². The largest absolute Gasteiger partial charge is 0.459 e. The number of aliphatic hydroxyl groups excluding tert-OH is 2. The highest BCUT2D eigenvalue weighted by atomic mass is 16.7. The lowest BCUT2D eigenvalue weighted by molar-refractivity contribution is -0.340. The molecule has 0 radical (unpaired) electrons. The maximum absolute atomic E-state index is 13.5. The zero-order valence-electron chi connectivity index (χ0n) is 22.4. The van der Waals surface area contributed by atoms with Crippen LogP contribution in [0.2, 0.25) is 0 Å². The second-order valence-corrected chi connectivity index (χ2v) is 12.2. The Kier molecular flexibility index (Phi) is 5.97. The molecule has 11 heteroatoms. The third-order valence-corrected chi connectivity index (χ3v) is 10.3. The fraction of sp³-hybridized carbons (Fsp3) is 0.778. The van der Waals surface area contributed by atoms with Gasteiger partial charge in [0, 0.05) is 29.6 Å². The fourth-order valence-corrected chi connectivity index (χ4v) is 8.55. The summed E-state index contributed by atoms with van der Waals surface area (Å²) < 4.78 is 22.9. The number of aliphatic hydroxyl groups is 3. The molecule has 0 aromatic carbocycles. The summed E-state index contributed by atoms with van der Waals surface area (Å²) in [5.41, 5.74) is -3.44. The van der Waals surface area contributed by atoms with Crippen molar-refractivity contribution in [2.75, 3.05) is 6.61 Å². The molecule has 0 unspecified atom stereocenters. The lowest BCUT2D eigenvalue weighted by atomic mass is 9.38. The van der Waals surface area contributed by atoms with Crippen molar-refractivity contribution < 1.29 is 53.4 Å². The van der Waals surface area contributed by atoms with Crippen LogP contribution in [0.4, 0.5) is 0 Å². The number of hydrogen-bond acceptors (Lipinski definition) is 11. The molecule has 2 saturated heterocycles. The Hall–Kier alpha value is -2.34. The normalized spacial score (nSPS) is 48.6. The Morgan fingerprint density at radius 1 is 1.26 bits per heavy atom. The monoisotopic (exact) mass is 536 g/mol. The van der Waals surface area contributed by atoms with Crippen LogP contribution in [0.3, 0.4) is 0 Å². The lowest BCUT2D eigenvalue weighted by Gasteiger charge is -2.68. The summed E-state index contributed by atoms with van der Waals surface area (Å²) in [4.78, 5) is 51.3. The molecule has 2 aliphatic heterocycles. The summed E-state index contributed by atoms with van der Waals surface area (Å²) in [5, 5.41) is 34.6. The standard InChI is InChI=1S/C27H36O11/c1-7-24(5,38-13(4)28)23(33)37-18-17-12(3)19(30)27(34)22-25(6)14(11(2)8-15(29)20(25)31)9-16(36-21(18)32)26(17,22)10-35-27/h8,12,14,16-20,22,30-31,34H,7,9-10H2,1-6H3/t12-,14+,16-,17-,18-,19-,20-,22-,24-,25-,26+,27+/m1/s1. The van der Waals surface area contributed by atoms with Crippen molar-refractivity contribution in [2.24, 2.45) is 34.5 Å². The number of allylic oxidation sites excluding steroid dienone is 1. The molecule has 210 valence electrons. The number of rotatable bonds is 4. The molecule has 3 aliphatic carbocycles. The van der Waals surface area contributed by atoms with Gasteiger partial charge in [0.2, 0.25) is 11.7 Å². The molecule has 2 heterocycles. The first-order valence-electron chi connectivity index (χ1n) is 13.1. The van der Waals surface area contributed by atoms with E-state index in [2.05, 4.69) is 0 Å². The van der Waals surface area contributed by atoms with E-state index in [0.29, 0.717) is 5.57 Å². The number of fused-ring (bicyclic) bond motifs is 1. The summed E-state index contributed by atoms with van der Waals surface area (Å²) >= 11 is 0. The van der Waals surface area contributed by atoms with Gasteiger partial charge < -0.3 is 34.3 Å². The van der Waals surface area contributed by atoms with Crippen molar-refractivity contribution in [3.05, 3.63) is 11.6 Å². The van der Waals surface area contributed by atoms with Crippen LogP contribution in [0.15, 0.2) is 11.6 Å². The number of ketones is 1. The summed E-state index contributed by atoms with van der Waals surface area (Å²) in [6.07, 6.45) is -3.63. The molecule has 5 aliphatic rings. The van der Waals surface area contributed by atoms with E-state index < -0.39 is 94.0 Å². The number of carbonyl (C=O) groups excluding carboxylic acids is 4. The quantitative estimate of drug-likeness (QED) is 0.337. The highest BCUT2D eigenvalue weighted by Crippen LogP contribution is 2.73. The highest BCUT2D eigenvalue weighted by Gasteiger charge is 2.83. The molecule has 3 N–H and O–H groups in total. The molecule has 38 heavy (non-hydrogen) atoms. The molecule has 2 bridgehead atoms. The molecule has 0 aromatic rings. The van der Waals surface area contributed by atoms with E-state index in [1.165, 1.54) is 13.0 Å². The van der Waals surface area contributed by atoms with Crippen LogP contribution in [0, 0.1) is 34.5 Å². The van der Waals surface area contributed by atoms with E-state index in [1.54, 1.807) is 27.7 Å². The molecule has 0 amide bonds. The van der Waals surface area contributed by atoms with Gasteiger partial charge in [-0.25, -0.2) is 9.59 Å². The van der Waals surface area contributed by atoms with Crippen LogP contribution in [-0.4, -0.2) is 81.4 Å². The third kappa shape index (κ3) is 3.16. The third-order valence-electron chi connectivity index (χ3n) is 10.3. The second kappa shape index (κ2) is 8.33. The van der Waals surface area contributed by atoms with E-state index in [4.69, 9.17) is 18.9 Å². The Balaban J connectivity index is 1.64. The number of ether oxygens (including phenoxy) is 4. The first-order chi connectivity index (χ1) is 17.6. The van der Waals surface area contributed by atoms with Gasteiger partial charge in [-0.05, 0) is 44.6 Å². The van der Waals surface area contributed by atoms with Crippen molar-refractivity contribution in [1.29, 1.82) is 0 Å². The van der Waals surface area contributed by atoms with E-state index in [0.717, 1.165) is 6.92 Å². The molecule has 2 saturated carbocycles. The predicted molar refractivity (Wildman–Crippen MR) is 127 cm³/mol. The van der Waals surface area contributed by atoms with Crippen molar-refractivity contribution in [2.45, 2.75) is 90.2 Å². The van der Waals surface area contributed by atoms with Crippen molar-refractivity contribution in [1.82, 2.24) is 0 Å². The zero-order valence-corrected chi connectivity index (χ0v) is 22.4. The van der Waals surface area contributed by atoms with E-state index >= 15 is 0 Å². The van der Waals surface area contributed by atoms with Crippen LogP contribution in [-0.2, 0) is 38.1 Å². The van der Waals surface area contributed by atoms with Crippen molar-refractivity contribution >= 4 is 23.7 Å². The SMILES string of the molecule is CC[C@@](C)(OC(C)=O)C(=O)O[C@H]1C(=O)O[C@@H]2C[C@H]3C(C)=CC(=O)[C@@H](O)[C@]3(C)[C@H]3[C@@]4(O)OC[C@]32[C@@H]1[C@@H](C)[C@H]4O. The minimum Gasteiger partial charge on any atom is -0.459 e. The van der Waals surface area contributed by atoms with E-state index in [9.17, 15) is 34.5 Å². The Morgan fingerprint density at radius 3 is 2.53 bits per heavy atom. The molecular formula is C27H36O11. The maximum atomic E-state index is 13.5. The minimum absolute atomic E-state index is 0.0783. The fourth-order valence-electron chi connectivity index (χ4n) is 8.55. The van der Waals surface area contributed by atoms with Crippen LogP contribution < -0.4 is 0 Å². The molecule has 5 rings (SSSR count). The van der Waals surface area contributed by atoms with Gasteiger partial charge in [0.1, 0.15) is 18.3 Å². The van der Waals surface area contributed by atoms with Gasteiger partial charge in [-0.2, -0.15) is 0 Å².